The van der Waals surface area contributed by atoms with Gasteiger partial charge in [-0.15, -0.1) is 0 Å². The molecular weight excluding hydrogens is 270 g/mol. The molecule has 0 saturated carbocycles. The molecule has 0 amide bonds. The number of hydrogen-bond acceptors (Lipinski definition) is 9. The SMILES string of the molecule is CNN(NC)c1cc(N(NC)NC)cc(N(NC)NC)c1. The first-order valence-electron chi connectivity index (χ1n) is 6.74. The van der Waals surface area contributed by atoms with Crippen LogP contribution in [-0.2, 0) is 0 Å². The molecule has 0 bridgehead atoms. The summed E-state index contributed by atoms with van der Waals surface area (Å²) in [5.74, 6) is 0. The van der Waals surface area contributed by atoms with E-state index >= 15 is 0 Å². The van der Waals surface area contributed by atoms with E-state index in [1.54, 1.807) is 0 Å². The first kappa shape index (κ1) is 17.4. The van der Waals surface area contributed by atoms with Crippen molar-refractivity contribution in [1.29, 1.82) is 0 Å². The lowest BCUT2D eigenvalue weighted by Crippen LogP contribution is -2.47. The van der Waals surface area contributed by atoms with E-state index in [1.165, 1.54) is 0 Å². The molecular formula is C12H27N9. The molecule has 1 rings (SSSR count). The fourth-order valence-electron chi connectivity index (χ4n) is 2.08. The quantitative estimate of drug-likeness (QED) is 0.319. The minimum atomic E-state index is 0.957. The number of nitrogens with zero attached hydrogens (tertiary/aromatic N) is 3. The third kappa shape index (κ3) is 4.17. The van der Waals surface area contributed by atoms with Crippen LogP contribution < -0.4 is 47.9 Å². The Labute approximate surface area is 126 Å². The van der Waals surface area contributed by atoms with E-state index in [4.69, 9.17) is 0 Å². The first-order chi connectivity index (χ1) is 10.1. The van der Waals surface area contributed by atoms with Crippen LogP contribution >= 0.6 is 0 Å². The van der Waals surface area contributed by atoms with Crippen molar-refractivity contribution in [3.05, 3.63) is 18.2 Å². The van der Waals surface area contributed by atoms with Gasteiger partial charge in [0, 0.05) is 42.3 Å². The highest BCUT2D eigenvalue weighted by Crippen LogP contribution is 2.26. The van der Waals surface area contributed by atoms with Gasteiger partial charge in [0.15, 0.2) is 0 Å². The molecule has 9 heteroatoms. The third-order valence-electron chi connectivity index (χ3n) is 3.00. The van der Waals surface area contributed by atoms with Crippen molar-refractivity contribution >= 4 is 17.1 Å². The Morgan fingerprint density at radius 1 is 0.476 bits per heavy atom. The summed E-state index contributed by atoms with van der Waals surface area (Å²) in [5.41, 5.74) is 21.3. The number of rotatable bonds is 9. The van der Waals surface area contributed by atoms with Crippen LogP contribution in [0, 0.1) is 0 Å². The fourth-order valence-corrected chi connectivity index (χ4v) is 2.08. The van der Waals surface area contributed by atoms with E-state index in [-0.39, 0.29) is 0 Å². The molecule has 0 atom stereocenters. The van der Waals surface area contributed by atoms with Gasteiger partial charge in [-0.25, -0.2) is 47.9 Å². The van der Waals surface area contributed by atoms with Gasteiger partial charge in [-0.05, 0) is 18.2 Å². The van der Waals surface area contributed by atoms with E-state index < -0.39 is 0 Å². The molecule has 0 radical (unpaired) electrons. The smallest absolute Gasteiger partial charge is 0.0745 e. The van der Waals surface area contributed by atoms with Crippen molar-refractivity contribution < 1.29 is 0 Å². The Kier molecular flexibility index (Phi) is 7.15. The largest absolute Gasteiger partial charge is 0.242 e. The van der Waals surface area contributed by atoms with Gasteiger partial charge in [-0.1, -0.05) is 0 Å². The molecule has 0 aliphatic rings. The summed E-state index contributed by atoms with van der Waals surface area (Å²) in [6.07, 6.45) is 0. The number of hydrogen-bond donors (Lipinski definition) is 6. The molecule has 0 saturated heterocycles. The lowest BCUT2D eigenvalue weighted by molar-refractivity contribution is 0.605. The maximum absolute atomic E-state index is 3.08. The average Bonchev–Trinajstić information content (AvgIpc) is 2.51. The van der Waals surface area contributed by atoms with E-state index in [9.17, 15) is 0 Å². The van der Waals surface area contributed by atoms with Gasteiger partial charge in [-0.2, -0.15) is 0 Å². The summed E-state index contributed by atoms with van der Waals surface area (Å²) in [5, 5.41) is 5.46. The summed E-state index contributed by atoms with van der Waals surface area (Å²) < 4.78 is 0. The van der Waals surface area contributed by atoms with Crippen molar-refractivity contribution in [2.75, 3.05) is 57.6 Å². The summed E-state index contributed by atoms with van der Waals surface area (Å²) in [7, 11) is 11.1. The summed E-state index contributed by atoms with van der Waals surface area (Å²) >= 11 is 0. The van der Waals surface area contributed by atoms with Gasteiger partial charge >= 0.3 is 0 Å². The van der Waals surface area contributed by atoms with Gasteiger partial charge in [-0.3, -0.25) is 0 Å². The minimum absolute atomic E-state index is 0.957. The molecule has 0 heterocycles. The maximum Gasteiger partial charge on any atom is 0.0745 e. The average molecular weight is 297 g/mol. The highest BCUT2D eigenvalue weighted by atomic mass is 15.7. The highest BCUT2D eigenvalue weighted by molar-refractivity contribution is 5.68. The van der Waals surface area contributed by atoms with Crippen molar-refractivity contribution in [1.82, 2.24) is 32.6 Å². The van der Waals surface area contributed by atoms with Gasteiger partial charge in [0.25, 0.3) is 0 Å². The van der Waals surface area contributed by atoms with Gasteiger partial charge in [0.1, 0.15) is 0 Å². The Bertz CT molecular complexity index is 339. The Morgan fingerprint density at radius 3 is 0.810 bits per heavy atom. The van der Waals surface area contributed by atoms with Crippen molar-refractivity contribution in [3.8, 4) is 0 Å². The van der Waals surface area contributed by atoms with E-state index in [1.807, 2.05) is 75.8 Å². The highest BCUT2D eigenvalue weighted by Gasteiger charge is 2.13. The van der Waals surface area contributed by atoms with Crippen LogP contribution in [0.3, 0.4) is 0 Å². The number of hydrazine groups is 6. The Hall–Kier alpha value is -1.62. The second-order valence-electron chi connectivity index (χ2n) is 4.06. The van der Waals surface area contributed by atoms with Crippen LogP contribution in [0.5, 0.6) is 0 Å². The van der Waals surface area contributed by atoms with Crippen LogP contribution in [0.4, 0.5) is 17.1 Å². The Morgan fingerprint density at radius 2 is 0.667 bits per heavy atom. The van der Waals surface area contributed by atoms with Crippen LogP contribution in [-0.4, -0.2) is 42.3 Å². The summed E-state index contributed by atoms with van der Waals surface area (Å²) in [6, 6.07) is 6.10. The Balaban J connectivity index is 3.30. The maximum atomic E-state index is 3.08. The molecule has 0 aliphatic heterocycles. The minimum Gasteiger partial charge on any atom is -0.242 e. The van der Waals surface area contributed by atoms with Crippen LogP contribution in [0.1, 0.15) is 0 Å². The molecule has 120 valence electrons. The normalized spacial score (nSPS) is 10.6. The summed E-state index contributed by atoms with van der Waals surface area (Å²) in [6.45, 7) is 0. The molecule has 9 nitrogen and oxygen atoms in total. The molecule has 0 aliphatic carbocycles. The topological polar surface area (TPSA) is 81.9 Å². The lowest BCUT2D eigenvalue weighted by Gasteiger charge is -2.29. The predicted octanol–water partition coefficient (Wildman–Crippen LogP) is -1.09. The standard InChI is InChI=1S/C12H27N9/c1-13-19(14-2)10-7-11(20(15-3)16-4)9-12(8-10)21(17-5)18-6/h7-9,13-18H,1-6H3. The van der Waals surface area contributed by atoms with E-state index in [0.29, 0.717) is 0 Å². The number of nitrogens with one attached hydrogen (secondary N) is 6. The summed E-state index contributed by atoms with van der Waals surface area (Å²) in [4.78, 5) is 0. The third-order valence-corrected chi connectivity index (χ3v) is 3.00. The van der Waals surface area contributed by atoms with E-state index in [2.05, 4.69) is 32.6 Å². The molecule has 6 N–H and O–H groups in total. The molecule has 21 heavy (non-hydrogen) atoms. The van der Waals surface area contributed by atoms with Crippen LogP contribution in [0.2, 0.25) is 0 Å². The first-order valence-corrected chi connectivity index (χ1v) is 6.74. The number of benzene rings is 1. The van der Waals surface area contributed by atoms with Crippen LogP contribution in [0.25, 0.3) is 0 Å². The molecule has 0 spiro atoms. The fraction of sp³-hybridized carbons (Fsp3) is 0.500. The molecule has 0 fully saturated rings. The molecule has 0 unspecified atom stereocenters. The van der Waals surface area contributed by atoms with Gasteiger partial charge in [0.05, 0.1) is 17.1 Å². The monoisotopic (exact) mass is 297 g/mol. The van der Waals surface area contributed by atoms with Crippen molar-refractivity contribution in [3.63, 3.8) is 0 Å². The zero-order valence-electron chi connectivity index (χ0n) is 13.6. The van der Waals surface area contributed by atoms with Crippen molar-refractivity contribution in [2.24, 2.45) is 0 Å². The van der Waals surface area contributed by atoms with Crippen LogP contribution in [0.15, 0.2) is 18.2 Å². The number of anilines is 3. The zero-order chi connectivity index (χ0) is 15.8. The molecule has 0 aromatic heterocycles. The zero-order valence-corrected chi connectivity index (χ0v) is 13.6. The second-order valence-corrected chi connectivity index (χ2v) is 4.06. The molecule has 1 aromatic carbocycles. The molecule has 1 aromatic rings. The second kappa shape index (κ2) is 8.62. The van der Waals surface area contributed by atoms with Crippen molar-refractivity contribution in [2.45, 2.75) is 0 Å². The lowest BCUT2D eigenvalue weighted by atomic mass is 10.2. The predicted molar refractivity (Wildman–Crippen MR) is 88.2 cm³/mol. The van der Waals surface area contributed by atoms with Gasteiger partial charge < -0.3 is 0 Å². The van der Waals surface area contributed by atoms with E-state index in [0.717, 1.165) is 17.1 Å². The van der Waals surface area contributed by atoms with Gasteiger partial charge in [0.2, 0.25) is 0 Å².